The molecule has 33 heavy (non-hydrogen) atoms. The van der Waals surface area contributed by atoms with Crippen molar-refractivity contribution in [1.29, 1.82) is 0 Å². The van der Waals surface area contributed by atoms with E-state index >= 15 is 0 Å². The summed E-state index contributed by atoms with van der Waals surface area (Å²) in [5.41, 5.74) is 10.1. The minimum absolute atomic E-state index is 0. The summed E-state index contributed by atoms with van der Waals surface area (Å²) >= 11 is 0. The number of ketones is 1. The summed E-state index contributed by atoms with van der Waals surface area (Å²) < 4.78 is 0. The molecule has 0 aliphatic carbocycles. The third kappa shape index (κ3) is 4.48. The highest BCUT2D eigenvalue weighted by molar-refractivity contribution is 6.11. The number of anilines is 2. The third-order valence-corrected chi connectivity index (χ3v) is 6.25. The van der Waals surface area contributed by atoms with Crippen molar-refractivity contribution >= 4 is 17.4 Å². The SMILES string of the molecule is Nc1ncc(-c2ccccc2)cc1C(=O)c1cccc(N2CCCC(c3ccccc3)C2)n1.[HH].[HH]. The van der Waals surface area contributed by atoms with Gasteiger partial charge < -0.3 is 10.6 Å². The van der Waals surface area contributed by atoms with E-state index in [1.165, 1.54) is 5.56 Å². The zero-order valence-corrected chi connectivity index (χ0v) is 18.4. The van der Waals surface area contributed by atoms with Gasteiger partial charge in [0.05, 0.1) is 5.56 Å². The molecule has 2 aromatic heterocycles. The average molecular weight is 439 g/mol. The van der Waals surface area contributed by atoms with Gasteiger partial charge in [-0.05, 0) is 42.2 Å². The molecule has 0 radical (unpaired) electrons. The third-order valence-electron chi connectivity index (χ3n) is 6.25. The van der Waals surface area contributed by atoms with Crippen LogP contribution in [0.4, 0.5) is 11.6 Å². The van der Waals surface area contributed by atoms with Gasteiger partial charge in [0.1, 0.15) is 17.3 Å². The first-order valence-electron chi connectivity index (χ1n) is 11.3. The summed E-state index contributed by atoms with van der Waals surface area (Å²) in [6.45, 7) is 1.82. The Kier molecular flexibility index (Phi) is 5.85. The van der Waals surface area contributed by atoms with Gasteiger partial charge in [-0.25, -0.2) is 9.97 Å². The largest absolute Gasteiger partial charge is 0.383 e. The van der Waals surface area contributed by atoms with Crippen LogP contribution in [-0.2, 0) is 0 Å². The molecule has 5 nitrogen and oxygen atoms in total. The molecule has 1 aliphatic heterocycles. The van der Waals surface area contributed by atoms with E-state index in [2.05, 4.69) is 34.1 Å². The maximum atomic E-state index is 13.4. The smallest absolute Gasteiger partial charge is 0.215 e. The molecule has 5 heteroatoms. The first-order valence-corrected chi connectivity index (χ1v) is 11.3. The second kappa shape index (κ2) is 9.25. The Hall–Kier alpha value is -3.99. The lowest BCUT2D eigenvalue weighted by atomic mass is 9.90. The molecule has 168 valence electrons. The van der Waals surface area contributed by atoms with Crippen LogP contribution in [0.2, 0.25) is 0 Å². The van der Waals surface area contributed by atoms with Crippen LogP contribution in [0.3, 0.4) is 0 Å². The Bertz CT molecular complexity index is 1270. The maximum absolute atomic E-state index is 13.4. The zero-order chi connectivity index (χ0) is 22.6. The average Bonchev–Trinajstić information content (AvgIpc) is 2.90. The molecule has 4 aromatic rings. The Labute approximate surface area is 196 Å². The van der Waals surface area contributed by atoms with Crippen LogP contribution in [0.25, 0.3) is 11.1 Å². The van der Waals surface area contributed by atoms with Crippen LogP contribution in [0.15, 0.2) is 91.1 Å². The molecule has 1 aliphatic rings. The van der Waals surface area contributed by atoms with Crippen LogP contribution >= 0.6 is 0 Å². The van der Waals surface area contributed by atoms with E-state index < -0.39 is 0 Å². The summed E-state index contributed by atoms with van der Waals surface area (Å²) in [6, 6.07) is 27.9. The van der Waals surface area contributed by atoms with E-state index in [0.717, 1.165) is 42.9 Å². The van der Waals surface area contributed by atoms with E-state index in [9.17, 15) is 4.79 Å². The van der Waals surface area contributed by atoms with E-state index in [4.69, 9.17) is 10.7 Å². The van der Waals surface area contributed by atoms with Gasteiger partial charge >= 0.3 is 0 Å². The van der Waals surface area contributed by atoms with E-state index in [1.54, 1.807) is 18.3 Å². The van der Waals surface area contributed by atoms with Gasteiger partial charge in [0.2, 0.25) is 5.78 Å². The molecule has 3 heterocycles. The molecule has 0 spiro atoms. The van der Waals surface area contributed by atoms with E-state index in [-0.39, 0.29) is 14.5 Å². The standard InChI is InChI=1S/C28H26N4O.2H2/c29-28-24(17-23(18-30-28)21-11-5-2-6-12-21)27(33)25-14-7-15-26(31-25)32-16-8-13-22(19-32)20-9-3-1-4-10-20;;/h1-7,9-12,14-15,17-18,22H,8,13,16,19H2,(H2,29,30);2*1H. The number of rotatable bonds is 5. The van der Waals surface area contributed by atoms with Crippen molar-refractivity contribution in [3.8, 4) is 11.1 Å². The van der Waals surface area contributed by atoms with Crippen LogP contribution < -0.4 is 10.6 Å². The normalized spacial score (nSPS) is 15.9. The molecule has 1 atom stereocenters. The summed E-state index contributed by atoms with van der Waals surface area (Å²) in [6.07, 6.45) is 3.95. The molecule has 2 N–H and O–H groups in total. The fourth-order valence-corrected chi connectivity index (χ4v) is 4.49. The number of carbonyl (C=O) groups is 1. The number of nitrogens with zero attached hydrogens (tertiary/aromatic N) is 3. The maximum Gasteiger partial charge on any atom is 0.215 e. The van der Waals surface area contributed by atoms with Crippen LogP contribution in [0.1, 0.15) is 43.2 Å². The number of hydrogen-bond donors (Lipinski definition) is 1. The van der Waals surface area contributed by atoms with Crippen molar-refractivity contribution in [3.63, 3.8) is 0 Å². The van der Waals surface area contributed by atoms with Gasteiger partial charge in [-0.15, -0.1) is 0 Å². The second-order valence-corrected chi connectivity index (χ2v) is 8.43. The summed E-state index contributed by atoms with van der Waals surface area (Å²) in [5, 5.41) is 0. The van der Waals surface area contributed by atoms with Crippen molar-refractivity contribution < 1.29 is 7.65 Å². The lowest BCUT2D eigenvalue weighted by molar-refractivity contribution is 0.103. The molecule has 1 saturated heterocycles. The van der Waals surface area contributed by atoms with Crippen molar-refractivity contribution in [1.82, 2.24) is 9.97 Å². The molecule has 0 saturated carbocycles. The summed E-state index contributed by atoms with van der Waals surface area (Å²) in [4.78, 5) is 24.7. The first-order chi connectivity index (χ1) is 16.2. The first kappa shape index (κ1) is 20.9. The van der Waals surface area contributed by atoms with Gasteiger partial charge in [-0.3, -0.25) is 4.79 Å². The number of aromatic nitrogens is 2. The predicted octanol–water partition coefficient (Wildman–Crippen LogP) is 5.83. The number of piperidine rings is 1. The fourth-order valence-electron chi connectivity index (χ4n) is 4.49. The van der Waals surface area contributed by atoms with Gasteiger partial charge in [0, 0.05) is 33.6 Å². The molecule has 1 fully saturated rings. The van der Waals surface area contributed by atoms with Gasteiger partial charge in [-0.1, -0.05) is 66.7 Å². The molecule has 2 aromatic carbocycles. The van der Waals surface area contributed by atoms with Crippen molar-refractivity contribution in [2.24, 2.45) is 0 Å². The van der Waals surface area contributed by atoms with E-state index in [0.29, 0.717) is 17.2 Å². The Balaban J connectivity index is 0.00000171. The quantitative estimate of drug-likeness (QED) is 0.397. The highest BCUT2D eigenvalue weighted by Gasteiger charge is 2.23. The zero-order valence-electron chi connectivity index (χ0n) is 18.4. The molecule has 0 bridgehead atoms. The number of hydrogen-bond acceptors (Lipinski definition) is 5. The monoisotopic (exact) mass is 438 g/mol. The minimum atomic E-state index is -0.212. The summed E-state index contributed by atoms with van der Waals surface area (Å²) in [7, 11) is 0. The number of nitrogens with two attached hydrogens (primary N) is 1. The number of benzene rings is 2. The Morgan fingerprint density at radius 2 is 1.70 bits per heavy atom. The Morgan fingerprint density at radius 1 is 0.939 bits per heavy atom. The summed E-state index contributed by atoms with van der Waals surface area (Å²) in [5.74, 6) is 1.29. The highest BCUT2D eigenvalue weighted by Crippen LogP contribution is 2.30. The van der Waals surface area contributed by atoms with Crippen molar-refractivity contribution in [3.05, 3.63) is 108 Å². The minimum Gasteiger partial charge on any atom is -0.383 e. The highest BCUT2D eigenvalue weighted by atomic mass is 16.1. The van der Waals surface area contributed by atoms with Gasteiger partial charge in [-0.2, -0.15) is 0 Å². The second-order valence-electron chi connectivity index (χ2n) is 8.43. The molecule has 5 rings (SSSR count). The fraction of sp³-hybridized carbons (Fsp3) is 0.179. The number of carbonyl (C=O) groups excluding carboxylic acids is 1. The topological polar surface area (TPSA) is 72.1 Å². The molecular formula is C28H30N4O. The number of pyridine rings is 2. The molecular weight excluding hydrogens is 408 g/mol. The van der Waals surface area contributed by atoms with Crippen LogP contribution in [0, 0.1) is 0 Å². The number of nitrogen functional groups attached to an aromatic ring is 1. The van der Waals surface area contributed by atoms with Gasteiger partial charge in [0.25, 0.3) is 0 Å². The predicted molar refractivity (Wildman–Crippen MR) is 137 cm³/mol. The lowest BCUT2D eigenvalue weighted by Gasteiger charge is -2.34. The van der Waals surface area contributed by atoms with Crippen LogP contribution in [-0.4, -0.2) is 28.8 Å². The van der Waals surface area contributed by atoms with Crippen molar-refractivity contribution in [2.75, 3.05) is 23.7 Å². The van der Waals surface area contributed by atoms with Crippen LogP contribution in [0.5, 0.6) is 0 Å². The van der Waals surface area contributed by atoms with Gasteiger partial charge in [0.15, 0.2) is 0 Å². The molecule has 0 amide bonds. The Morgan fingerprint density at radius 3 is 2.48 bits per heavy atom. The van der Waals surface area contributed by atoms with E-state index in [1.807, 2.05) is 48.5 Å². The van der Waals surface area contributed by atoms with Crippen molar-refractivity contribution in [2.45, 2.75) is 18.8 Å². The molecule has 1 unspecified atom stereocenters. The lowest BCUT2D eigenvalue weighted by Crippen LogP contribution is -2.35.